The van der Waals surface area contributed by atoms with Gasteiger partial charge in [0.25, 0.3) is 0 Å². The van der Waals surface area contributed by atoms with Crippen LogP contribution in [0.3, 0.4) is 0 Å². The Hall–Kier alpha value is -3.14. The van der Waals surface area contributed by atoms with Crippen molar-refractivity contribution in [2.75, 3.05) is 7.11 Å². The molecule has 9 heteroatoms. The third kappa shape index (κ3) is 2.84. The van der Waals surface area contributed by atoms with Crippen LogP contribution in [0.15, 0.2) is 76.4 Å². The molecular weight excluding hydrogens is 507 g/mol. The van der Waals surface area contributed by atoms with Crippen LogP contribution in [0.5, 0.6) is 11.5 Å². The Morgan fingerprint density at radius 1 is 1.15 bits per heavy atom. The fourth-order valence-electron chi connectivity index (χ4n) is 5.63. The summed E-state index contributed by atoms with van der Waals surface area (Å²) >= 11 is 3.42. The van der Waals surface area contributed by atoms with E-state index in [4.69, 9.17) is 15.2 Å². The van der Waals surface area contributed by atoms with Crippen molar-refractivity contribution in [2.24, 2.45) is 16.8 Å². The van der Waals surface area contributed by atoms with Crippen LogP contribution in [-0.2, 0) is 11.2 Å². The van der Waals surface area contributed by atoms with Gasteiger partial charge in [-0.25, -0.2) is 4.39 Å². The Morgan fingerprint density at radius 2 is 1.82 bits per heavy atom. The molecule has 1 saturated carbocycles. The average molecular weight is 529 g/mol. The Balaban J connectivity index is 1.91. The highest BCUT2D eigenvalue weighted by molar-refractivity contribution is 9.10. The SMILES string of the molecule is COc1cc(F)cc2c1[C@]1(O)C(O)[C@H](/C(N)=N/O)[C@@H](c3ccccc3)[C@]1(c1ccc(Br)cc1)O2. The molecule has 2 aliphatic rings. The molecule has 0 radical (unpaired) electrons. The molecule has 3 aromatic rings. The Labute approximate surface area is 203 Å². The number of halogens is 2. The summed E-state index contributed by atoms with van der Waals surface area (Å²) in [4.78, 5) is 0. The molecule has 0 bridgehead atoms. The van der Waals surface area contributed by atoms with E-state index in [1.165, 1.54) is 7.11 Å². The monoisotopic (exact) mass is 528 g/mol. The fourth-order valence-corrected chi connectivity index (χ4v) is 5.90. The minimum atomic E-state index is -2.14. The highest BCUT2D eigenvalue weighted by Crippen LogP contribution is 2.69. The number of benzene rings is 3. The van der Waals surface area contributed by atoms with Gasteiger partial charge in [0.05, 0.1) is 18.6 Å². The molecular formula is C25H22BrFN2O5. The van der Waals surface area contributed by atoms with Gasteiger partial charge in [0.15, 0.2) is 11.2 Å². The summed E-state index contributed by atoms with van der Waals surface area (Å²) in [5.74, 6) is -2.71. The first kappa shape index (κ1) is 22.6. The van der Waals surface area contributed by atoms with Crippen LogP contribution in [-0.4, -0.2) is 34.5 Å². The number of hydrogen-bond donors (Lipinski definition) is 4. The number of methoxy groups -OCH3 is 1. The minimum Gasteiger partial charge on any atom is -0.496 e. The zero-order chi connectivity index (χ0) is 24.3. The minimum absolute atomic E-state index is 0.0162. The normalized spacial score (nSPS) is 29.9. The predicted octanol–water partition coefficient (Wildman–Crippen LogP) is 3.59. The van der Waals surface area contributed by atoms with Gasteiger partial charge in [-0.05, 0) is 23.3 Å². The summed E-state index contributed by atoms with van der Waals surface area (Å²) in [5, 5.41) is 37.0. The van der Waals surface area contributed by atoms with Crippen LogP contribution in [0.2, 0.25) is 0 Å². The van der Waals surface area contributed by atoms with Gasteiger partial charge in [-0.15, -0.1) is 0 Å². The second kappa shape index (κ2) is 7.97. The van der Waals surface area contributed by atoms with Gasteiger partial charge in [-0.1, -0.05) is 63.6 Å². The van der Waals surface area contributed by atoms with Crippen LogP contribution < -0.4 is 15.2 Å². The van der Waals surface area contributed by atoms with Crippen molar-refractivity contribution >= 4 is 21.8 Å². The summed E-state index contributed by atoms with van der Waals surface area (Å²) in [5.41, 5.74) is 3.58. The second-order valence-corrected chi connectivity index (χ2v) is 9.39. The summed E-state index contributed by atoms with van der Waals surface area (Å²) in [7, 11) is 1.34. The lowest BCUT2D eigenvalue weighted by molar-refractivity contribution is -0.151. The molecule has 0 spiro atoms. The number of aliphatic hydroxyl groups is 2. The molecule has 0 aromatic heterocycles. The van der Waals surface area contributed by atoms with Gasteiger partial charge in [-0.3, -0.25) is 0 Å². The van der Waals surface area contributed by atoms with Crippen molar-refractivity contribution in [1.29, 1.82) is 0 Å². The molecule has 5 atom stereocenters. The maximum absolute atomic E-state index is 14.5. The second-order valence-electron chi connectivity index (χ2n) is 8.48. The zero-order valence-corrected chi connectivity index (χ0v) is 19.6. The number of ether oxygens (including phenoxy) is 2. The van der Waals surface area contributed by atoms with Crippen molar-refractivity contribution < 1.29 is 29.3 Å². The maximum Gasteiger partial charge on any atom is 0.177 e. The molecule has 1 unspecified atom stereocenters. The summed E-state index contributed by atoms with van der Waals surface area (Å²) in [6.45, 7) is 0. The lowest BCUT2D eigenvalue weighted by atomic mass is 9.70. The van der Waals surface area contributed by atoms with Crippen LogP contribution >= 0.6 is 15.9 Å². The maximum atomic E-state index is 14.5. The first-order valence-electron chi connectivity index (χ1n) is 10.6. The summed E-state index contributed by atoms with van der Waals surface area (Å²) < 4.78 is 27.2. The van der Waals surface area contributed by atoms with Crippen LogP contribution in [0.4, 0.5) is 4.39 Å². The van der Waals surface area contributed by atoms with Crippen LogP contribution in [0.1, 0.15) is 22.6 Å². The Morgan fingerprint density at radius 3 is 2.44 bits per heavy atom. The number of amidine groups is 1. The molecule has 0 saturated heterocycles. The number of fused-ring (bicyclic) bond motifs is 3. The molecule has 5 rings (SSSR count). The van der Waals surface area contributed by atoms with Crippen molar-refractivity contribution in [3.05, 3.63) is 93.7 Å². The molecule has 7 nitrogen and oxygen atoms in total. The topological polar surface area (TPSA) is 118 Å². The van der Waals surface area contributed by atoms with E-state index in [0.29, 0.717) is 11.1 Å². The van der Waals surface area contributed by atoms with E-state index in [0.717, 1.165) is 16.6 Å². The smallest absolute Gasteiger partial charge is 0.177 e. The molecule has 176 valence electrons. The van der Waals surface area contributed by atoms with Crippen LogP contribution in [0, 0.1) is 11.7 Å². The number of rotatable bonds is 4. The summed E-state index contributed by atoms with van der Waals surface area (Å²) in [6.07, 6.45) is -1.60. The van der Waals surface area contributed by atoms with Crippen molar-refractivity contribution in [1.82, 2.24) is 0 Å². The largest absolute Gasteiger partial charge is 0.496 e. The van der Waals surface area contributed by atoms with Gasteiger partial charge in [0.1, 0.15) is 29.3 Å². The third-order valence-corrected chi connectivity index (χ3v) is 7.45. The first-order chi connectivity index (χ1) is 16.3. The van der Waals surface area contributed by atoms with Crippen molar-refractivity contribution in [3.8, 4) is 11.5 Å². The van der Waals surface area contributed by atoms with E-state index < -0.39 is 35.0 Å². The lowest BCUT2D eigenvalue weighted by Crippen LogP contribution is -2.52. The number of nitrogens with two attached hydrogens (primary N) is 1. The molecule has 1 heterocycles. The molecule has 1 aliphatic heterocycles. The van der Waals surface area contributed by atoms with E-state index in [9.17, 15) is 19.8 Å². The zero-order valence-electron chi connectivity index (χ0n) is 18.0. The third-order valence-electron chi connectivity index (χ3n) is 6.92. The van der Waals surface area contributed by atoms with E-state index >= 15 is 0 Å². The molecule has 1 fully saturated rings. The van der Waals surface area contributed by atoms with Gasteiger partial charge in [0.2, 0.25) is 0 Å². The highest BCUT2D eigenvalue weighted by atomic mass is 79.9. The quantitative estimate of drug-likeness (QED) is 0.178. The van der Waals surface area contributed by atoms with E-state index in [1.807, 2.05) is 18.2 Å². The number of nitrogens with zero attached hydrogens (tertiary/aromatic N) is 1. The Bertz CT molecular complexity index is 1270. The van der Waals surface area contributed by atoms with E-state index in [-0.39, 0.29) is 22.9 Å². The predicted molar refractivity (Wildman–Crippen MR) is 125 cm³/mol. The molecule has 1 aliphatic carbocycles. The van der Waals surface area contributed by atoms with Gasteiger partial charge < -0.3 is 30.6 Å². The number of oxime groups is 1. The first-order valence-corrected chi connectivity index (χ1v) is 11.3. The number of hydrogen-bond acceptors (Lipinski definition) is 6. The van der Waals surface area contributed by atoms with E-state index in [1.54, 1.807) is 36.4 Å². The van der Waals surface area contributed by atoms with Gasteiger partial charge >= 0.3 is 0 Å². The standard InChI is InChI=1S/C25H22BrFN2O5/c1-33-17-11-16(27)12-18-21(17)24(31)22(30)19(23(28)29-32)20(13-5-3-2-4-6-13)25(24,34-18)14-7-9-15(26)10-8-14/h2-12,19-20,22,30-32H,1H3,(H2,28,29)/t19-,20-,22?,24+,25+/m1/s1. The van der Waals surface area contributed by atoms with E-state index in [2.05, 4.69) is 21.1 Å². The van der Waals surface area contributed by atoms with Crippen LogP contribution in [0.25, 0.3) is 0 Å². The van der Waals surface area contributed by atoms with Crippen molar-refractivity contribution in [2.45, 2.75) is 23.2 Å². The average Bonchev–Trinajstić information content (AvgIpc) is 3.21. The fraction of sp³-hybridized carbons (Fsp3) is 0.240. The number of aliphatic hydroxyl groups excluding tert-OH is 1. The summed E-state index contributed by atoms with van der Waals surface area (Å²) in [6, 6.07) is 18.4. The molecule has 3 aromatic carbocycles. The van der Waals surface area contributed by atoms with Gasteiger partial charge in [-0.2, -0.15) is 0 Å². The molecule has 0 amide bonds. The lowest BCUT2D eigenvalue weighted by Gasteiger charge is -2.41. The molecule has 5 N–H and O–H groups in total. The Kier molecular flexibility index (Phi) is 5.31. The highest BCUT2D eigenvalue weighted by Gasteiger charge is 2.77. The van der Waals surface area contributed by atoms with Crippen molar-refractivity contribution in [3.63, 3.8) is 0 Å². The van der Waals surface area contributed by atoms with Gasteiger partial charge in [0, 0.05) is 22.5 Å². The molecule has 34 heavy (non-hydrogen) atoms.